The Morgan fingerprint density at radius 3 is 2.81 bits per heavy atom. The number of rotatable bonds is 4. The quantitative estimate of drug-likeness (QED) is 0.852. The van der Waals surface area contributed by atoms with Crippen LogP contribution in [0.25, 0.3) is 0 Å². The number of likely N-dealkylation sites (N-methyl/N-ethyl adjacent to an activating group) is 1. The molecule has 0 aliphatic carbocycles. The number of nitrogens with one attached hydrogen (secondary N) is 2. The van der Waals surface area contributed by atoms with Crippen molar-refractivity contribution in [2.45, 2.75) is 25.1 Å². The third kappa shape index (κ3) is 4.57. The van der Waals surface area contributed by atoms with Gasteiger partial charge in [-0.25, -0.2) is 4.98 Å². The molecule has 5 nitrogen and oxygen atoms in total. The first-order valence-electron chi connectivity index (χ1n) is 8.74. The Morgan fingerprint density at radius 2 is 2.07 bits per heavy atom. The van der Waals surface area contributed by atoms with Crippen molar-refractivity contribution < 1.29 is 18.0 Å². The molecule has 2 heterocycles. The molecule has 2 aromatic rings. The molecule has 0 radical (unpaired) electrons. The van der Waals surface area contributed by atoms with E-state index in [1.54, 1.807) is 17.0 Å². The maximum atomic E-state index is 12.9. The molecular weight excluding hydrogens is 357 g/mol. The van der Waals surface area contributed by atoms with Crippen molar-refractivity contribution in [2.75, 3.05) is 25.5 Å². The zero-order chi connectivity index (χ0) is 19.4. The number of nitrogens with zero attached hydrogens (tertiary/aromatic N) is 2. The average molecular weight is 378 g/mol. The maximum Gasteiger partial charge on any atom is 0.416 e. The van der Waals surface area contributed by atoms with Crippen LogP contribution in [0.5, 0.6) is 0 Å². The molecule has 1 atom stereocenters. The van der Waals surface area contributed by atoms with E-state index in [4.69, 9.17) is 0 Å². The first kappa shape index (κ1) is 19.2. The lowest BCUT2D eigenvalue weighted by Gasteiger charge is -2.32. The lowest BCUT2D eigenvalue weighted by atomic mass is 10.0. The van der Waals surface area contributed by atoms with Crippen molar-refractivity contribution in [3.8, 4) is 0 Å². The molecule has 1 saturated heterocycles. The molecule has 27 heavy (non-hydrogen) atoms. The van der Waals surface area contributed by atoms with Crippen LogP contribution in [-0.4, -0.2) is 42.0 Å². The van der Waals surface area contributed by atoms with Crippen molar-refractivity contribution in [1.29, 1.82) is 0 Å². The number of hydrogen-bond acceptors (Lipinski definition) is 4. The predicted molar refractivity (Wildman–Crippen MR) is 96.9 cm³/mol. The minimum absolute atomic E-state index is 0.183. The zero-order valence-corrected chi connectivity index (χ0v) is 14.9. The van der Waals surface area contributed by atoms with E-state index in [0.29, 0.717) is 18.7 Å². The summed E-state index contributed by atoms with van der Waals surface area (Å²) in [4.78, 5) is 18.9. The molecule has 1 aromatic heterocycles. The summed E-state index contributed by atoms with van der Waals surface area (Å²) in [7, 11) is 1.86. The first-order chi connectivity index (χ1) is 12.9. The topological polar surface area (TPSA) is 57.3 Å². The first-order valence-corrected chi connectivity index (χ1v) is 8.74. The van der Waals surface area contributed by atoms with Crippen LogP contribution < -0.4 is 10.6 Å². The summed E-state index contributed by atoms with van der Waals surface area (Å²) in [5.41, 5.74) is -0.194. The minimum Gasteiger partial charge on any atom is -0.340 e. The van der Waals surface area contributed by atoms with E-state index in [2.05, 4.69) is 15.6 Å². The minimum atomic E-state index is -4.43. The number of pyridine rings is 1. The Kier molecular flexibility index (Phi) is 5.65. The normalized spacial score (nSPS) is 17.6. The Labute approximate surface area is 155 Å². The van der Waals surface area contributed by atoms with E-state index in [1.165, 1.54) is 18.3 Å². The van der Waals surface area contributed by atoms with Crippen LogP contribution in [0.2, 0.25) is 0 Å². The molecule has 1 unspecified atom stereocenters. The van der Waals surface area contributed by atoms with Crippen molar-refractivity contribution in [3.05, 3.63) is 53.7 Å². The van der Waals surface area contributed by atoms with Crippen LogP contribution in [-0.2, 0) is 6.18 Å². The lowest BCUT2D eigenvalue weighted by Crippen LogP contribution is -2.47. The fourth-order valence-electron chi connectivity index (χ4n) is 3.16. The third-order valence-corrected chi connectivity index (χ3v) is 4.61. The zero-order valence-electron chi connectivity index (χ0n) is 14.9. The molecule has 0 saturated carbocycles. The van der Waals surface area contributed by atoms with Gasteiger partial charge in [-0.05, 0) is 50.2 Å². The van der Waals surface area contributed by atoms with Gasteiger partial charge in [0, 0.05) is 31.0 Å². The number of halogens is 3. The fraction of sp³-hybridized carbons (Fsp3) is 0.368. The predicted octanol–water partition coefficient (Wildman–Crippen LogP) is 3.67. The molecule has 144 valence electrons. The van der Waals surface area contributed by atoms with Crippen LogP contribution in [0.3, 0.4) is 0 Å². The van der Waals surface area contributed by atoms with E-state index in [1.807, 2.05) is 7.05 Å². The number of aromatic nitrogens is 1. The van der Waals surface area contributed by atoms with Crippen LogP contribution in [0.15, 0.2) is 42.6 Å². The van der Waals surface area contributed by atoms with Crippen molar-refractivity contribution in [3.63, 3.8) is 0 Å². The number of carbonyl (C=O) groups is 1. The molecule has 0 bridgehead atoms. The van der Waals surface area contributed by atoms with Crippen molar-refractivity contribution in [2.24, 2.45) is 0 Å². The van der Waals surface area contributed by atoms with Crippen LogP contribution in [0, 0.1) is 0 Å². The summed E-state index contributed by atoms with van der Waals surface area (Å²) < 4.78 is 38.8. The molecule has 1 fully saturated rings. The van der Waals surface area contributed by atoms with Gasteiger partial charge in [0.2, 0.25) is 0 Å². The van der Waals surface area contributed by atoms with Gasteiger partial charge in [0.15, 0.2) is 0 Å². The Balaban J connectivity index is 1.83. The second-order valence-electron chi connectivity index (χ2n) is 6.48. The Bertz CT molecular complexity index is 810. The second-order valence-corrected chi connectivity index (χ2v) is 6.48. The number of amides is 1. The number of piperidine rings is 1. The third-order valence-electron chi connectivity index (χ3n) is 4.61. The van der Waals surface area contributed by atoms with E-state index >= 15 is 0 Å². The van der Waals surface area contributed by atoms with E-state index in [-0.39, 0.29) is 23.5 Å². The summed E-state index contributed by atoms with van der Waals surface area (Å²) in [5.74, 6) is 0.0610. The van der Waals surface area contributed by atoms with Gasteiger partial charge in [0.05, 0.1) is 11.1 Å². The Morgan fingerprint density at radius 1 is 1.26 bits per heavy atom. The highest BCUT2D eigenvalue weighted by molar-refractivity contribution is 5.99. The molecule has 0 spiro atoms. The molecule has 3 rings (SSSR count). The van der Waals surface area contributed by atoms with Gasteiger partial charge in [-0.3, -0.25) is 4.79 Å². The number of hydrogen-bond donors (Lipinski definition) is 2. The maximum absolute atomic E-state index is 12.9. The van der Waals surface area contributed by atoms with Gasteiger partial charge in [0.1, 0.15) is 5.82 Å². The van der Waals surface area contributed by atoms with Gasteiger partial charge >= 0.3 is 6.18 Å². The highest BCUT2D eigenvalue weighted by Gasteiger charge is 2.30. The SMILES string of the molecule is CNC1CCCN(C(=O)c2cccnc2Nc2cccc(C(F)(F)F)c2)C1. The fourth-order valence-corrected chi connectivity index (χ4v) is 3.16. The van der Waals surface area contributed by atoms with E-state index in [9.17, 15) is 18.0 Å². The summed E-state index contributed by atoms with van der Waals surface area (Å²) in [5, 5.41) is 6.04. The molecule has 2 N–H and O–H groups in total. The summed E-state index contributed by atoms with van der Waals surface area (Å²) in [6, 6.07) is 8.34. The number of benzene rings is 1. The highest BCUT2D eigenvalue weighted by atomic mass is 19.4. The van der Waals surface area contributed by atoms with Crippen molar-refractivity contribution >= 4 is 17.4 Å². The molecule has 1 aliphatic heterocycles. The molecule has 8 heteroatoms. The van der Waals surface area contributed by atoms with Gasteiger partial charge in [-0.2, -0.15) is 13.2 Å². The smallest absolute Gasteiger partial charge is 0.340 e. The van der Waals surface area contributed by atoms with Crippen molar-refractivity contribution in [1.82, 2.24) is 15.2 Å². The number of carbonyl (C=O) groups excluding carboxylic acids is 1. The summed E-state index contributed by atoms with van der Waals surface area (Å²) >= 11 is 0. The standard InChI is InChI=1S/C19H21F3N4O/c1-23-15-7-4-10-26(12-15)18(27)16-8-3-9-24-17(16)25-14-6-2-5-13(11-14)19(20,21)22/h2-3,5-6,8-9,11,15,23H,4,7,10,12H2,1H3,(H,24,25). The number of alkyl halides is 3. The average Bonchev–Trinajstić information content (AvgIpc) is 2.67. The molecule has 1 aromatic carbocycles. The highest BCUT2D eigenvalue weighted by Crippen LogP contribution is 2.31. The van der Waals surface area contributed by atoms with Crippen LogP contribution in [0.4, 0.5) is 24.7 Å². The second kappa shape index (κ2) is 7.96. The summed E-state index contributed by atoms with van der Waals surface area (Å²) in [6.45, 7) is 1.24. The van der Waals surface area contributed by atoms with Gasteiger partial charge in [0.25, 0.3) is 5.91 Å². The largest absolute Gasteiger partial charge is 0.416 e. The monoisotopic (exact) mass is 378 g/mol. The Hall–Kier alpha value is -2.61. The van der Waals surface area contributed by atoms with Gasteiger partial charge in [-0.15, -0.1) is 0 Å². The van der Waals surface area contributed by atoms with Crippen LogP contribution in [0.1, 0.15) is 28.8 Å². The number of anilines is 2. The van der Waals surface area contributed by atoms with Gasteiger partial charge in [-0.1, -0.05) is 6.07 Å². The summed E-state index contributed by atoms with van der Waals surface area (Å²) in [6.07, 6.45) is -1.04. The van der Waals surface area contributed by atoms with Gasteiger partial charge < -0.3 is 15.5 Å². The number of likely N-dealkylation sites (tertiary alicyclic amines) is 1. The van der Waals surface area contributed by atoms with E-state index in [0.717, 1.165) is 25.0 Å². The molecular formula is C19H21F3N4O. The van der Waals surface area contributed by atoms with Crippen LogP contribution >= 0.6 is 0 Å². The molecule has 1 amide bonds. The molecule has 1 aliphatic rings. The lowest BCUT2D eigenvalue weighted by molar-refractivity contribution is -0.137. The van der Waals surface area contributed by atoms with E-state index < -0.39 is 11.7 Å².